The van der Waals surface area contributed by atoms with Gasteiger partial charge in [-0.3, -0.25) is 9.69 Å². The minimum atomic E-state index is 0.0522. The highest BCUT2D eigenvalue weighted by atomic mass is 79.9. The van der Waals surface area contributed by atoms with E-state index in [1.165, 1.54) is 0 Å². The number of likely N-dealkylation sites (tertiary alicyclic amines) is 1. The number of furan rings is 1. The predicted molar refractivity (Wildman–Crippen MR) is 77.7 cm³/mol. The molecule has 0 unspecified atom stereocenters. The summed E-state index contributed by atoms with van der Waals surface area (Å²) in [5, 5.41) is 3.12. The maximum Gasteiger partial charge on any atom is 0.222 e. The van der Waals surface area contributed by atoms with Gasteiger partial charge in [-0.05, 0) is 47.4 Å². The molecule has 0 aromatic carbocycles. The molecular formula is C14H21BrN2O2. The summed E-state index contributed by atoms with van der Waals surface area (Å²) >= 11 is 3.32. The number of nitrogens with zero attached hydrogens (tertiary/aromatic N) is 1. The average molecular weight is 329 g/mol. The smallest absolute Gasteiger partial charge is 0.222 e. The van der Waals surface area contributed by atoms with E-state index >= 15 is 0 Å². The minimum Gasteiger partial charge on any atom is -0.453 e. The molecule has 1 fully saturated rings. The second kappa shape index (κ2) is 6.57. The highest BCUT2D eigenvalue weighted by Gasteiger charge is 2.22. The van der Waals surface area contributed by atoms with Crippen molar-refractivity contribution in [3.05, 3.63) is 22.6 Å². The van der Waals surface area contributed by atoms with Crippen LogP contribution >= 0.6 is 15.9 Å². The van der Waals surface area contributed by atoms with Crippen molar-refractivity contribution in [3.63, 3.8) is 0 Å². The fraction of sp³-hybridized carbons (Fsp3) is 0.643. The Morgan fingerprint density at radius 2 is 2.37 bits per heavy atom. The van der Waals surface area contributed by atoms with Crippen LogP contribution in [0.25, 0.3) is 0 Å². The van der Waals surface area contributed by atoms with Crippen LogP contribution in [0.5, 0.6) is 0 Å². The van der Waals surface area contributed by atoms with Crippen LogP contribution in [0, 0.1) is 5.92 Å². The molecule has 1 aromatic heterocycles. The quantitative estimate of drug-likeness (QED) is 0.924. The van der Waals surface area contributed by atoms with Gasteiger partial charge in [0, 0.05) is 18.5 Å². The number of hydrogen-bond donors (Lipinski definition) is 1. The van der Waals surface area contributed by atoms with Crippen LogP contribution < -0.4 is 5.32 Å². The van der Waals surface area contributed by atoms with E-state index < -0.39 is 0 Å². The van der Waals surface area contributed by atoms with Crippen LogP contribution in [0.4, 0.5) is 0 Å². The molecule has 0 radical (unpaired) electrons. The number of amides is 1. The molecule has 1 amide bonds. The predicted octanol–water partition coefficient (Wildman–Crippen LogP) is 2.78. The van der Waals surface area contributed by atoms with Gasteiger partial charge in [0.15, 0.2) is 4.67 Å². The van der Waals surface area contributed by atoms with E-state index in [0.29, 0.717) is 0 Å². The number of carbonyl (C=O) groups excluding carboxylic acids is 1. The van der Waals surface area contributed by atoms with Gasteiger partial charge in [-0.2, -0.15) is 0 Å². The Hall–Kier alpha value is -0.810. The number of nitrogens with one attached hydrogen (secondary N) is 1. The van der Waals surface area contributed by atoms with Crippen LogP contribution in [0.2, 0.25) is 0 Å². The second-order valence-electron chi connectivity index (χ2n) is 5.44. The summed E-state index contributed by atoms with van der Waals surface area (Å²) in [5.74, 6) is 1.16. The lowest BCUT2D eigenvalue weighted by Crippen LogP contribution is -2.48. The molecule has 1 aliphatic heterocycles. The summed E-state index contributed by atoms with van der Waals surface area (Å²) in [7, 11) is 0. The normalized spacial score (nSPS) is 20.7. The van der Waals surface area contributed by atoms with Crippen molar-refractivity contribution in [3.8, 4) is 0 Å². The van der Waals surface area contributed by atoms with Crippen molar-refractivity contribution in [2.45, 2.75) is 39.3 Å². The van der Waals surface area contributed by atoms with Gasteiger partial charge >= 0.3 is 0 Å². The zero-order valence-corrected chi connectivity index (χ0v) is 13.1. The van der Waals surface area contributed by atoms with Crippen molar-refractivity contribution in [2.24, 2.45) is 5.92 Å². The van der Waals surface area contributed by atoms with E-state index in [1.807, 2.05) is 26.0 Å². The van der Waals surface area contributed by atoms with Crippen molar-refractivity contribution in [1.29, 1.82) is 0 Å². The number of carbonyl (C=O) groups is 1. The van der Waals surface area contributed by atoms with Gasteiger partial charge in [0.1, 0.15) is 5.76 Å². The van der Waals surface area contributed by atoms with Crippen molar-refractivity contribution < 1.29 is 9.21 Å². The number of rotatable bonds is 4. The van der Waals surface area contributed by atoms with E-state index in [-0.39, 0.29) is 17.9 Å². The molecule has 4 nitrogen and oxygen atoms in total. The summed E-state index contributed by atoms with van der Waals surface area (Å²) in [5.41, 5.74) is 0. The van der Waals surface area contributed by atoms with Crippen LogP contribution in [-0.2, 0) is 11.3 Å². The number of hydrogen-bond acceptors (Lipinski definition) is 3. The van der Waals surface area contributed by atoms with Gasteiger partial charge in [-0.15, -0.1) is 0 Å². The molecule has 1 saturated heterocycles. The first-order valence-corrected chi connectivity index (χ1v) is 7.61. The maximum atomic E-state index is 11.7. The SMILES string of the molecule is CC(C)C(=O)N[C@@H]1CCCN(Cc2ccc(Br)o2)C1. The zero-order chi connectivity index (χ0) is 13.8. The molecule has 2 heterocycles. The first-order chi connectivity index (χ1) is 9.04. The van der Waals surface area contributed by atoms with E-state index in [2.05, 4.69) is 26.1 Å². The van der Waals surface area contributed by atoms with Crippen LogP contribution in [0.15, 0.2) is 21.2 Å². The zero-order valence-electron chi connectivity index (χ0n) is 11.5. The average Bonchev–Trinajstić information content (AvgIpc) is 2.75. The summed E-state index contributed by atoms with van der Waals surface area (Å²) < 4.78 is 6.30. The Balaban J connectivity index is 1.85. The van der Waals surface area contributed by atoms with Crippen LogP contribution in [0.1, 0.15) is 32.4 Å². The second-order valence-corrected chi connectivity index (χ2v) is 6.22. The van der Waals surface area contributed by atoms with Crippen LogP contribution in [0.3, 0.4) is 0 Å². The fourth-order valence-corrected chi connectivity index (χ4v) is 2.68. The van der Waals surface area contributed by atoms with E-state index in [0.717, 1.165) is 42.9 Å². The van der Waals surface area contributed by atoms with Crippen molar-refractivity contribution in [2.75, 3.05) is 13.1 Å². The molecule has 2 rings (SSSR count). The van der Waals surface area contributed by atoms with Crippen molar-refractivity contribution in [1.82, 2.24) is 10.2 Å². The van der Waals surface area contributed by atoms with E-state index in [9.17, 15) is 4.79 Å². The third kappa shape index (κ3) is 4.35. The molecule has 0 saturated carbocycles. The molecule has 1 aromatic rings. The largest absolute Gasteiger partial charge is 0.453 e. The standard InChI is InChI=1S/C14H21BrN2O2/c1-10(2)14(18)16-11-4-3-7-17(8-11)9-12-5-6-13(15)19-12/h5-6,10-11H,3-4,7-9H2,1-2H3,(H,16,18)/t11-/m1/s1. The Morgan fingerprint density at radius 1 is 1.58 bits per heavy atom. The Morgan fingerprint density at radius 3 is 3.00 bits per heavy atom. The Kier molecular flexibility index (Phi) is 5.05. The van der Waals surface area contributed by atoms with Crippen molar-refractivity contribution >= 4 is 21.8 Å². The Bertz CT molecular complexity index is 431. The van der Waals surface area contributed by atoms with Crippen LogP contribution in [-0.4, -0.2) is 29.9 Å². The third-order valence-electron chi connectivity index (χ3n) is 3.38. The van der Waals surface area contributed by atoms with Gasteiger partial charge in [-0.25, -0.2) is 0 Å². The number of halogens is 1. The number of piperidine rings is 1. The molecule has 1 N–H and O–H groups in total. The molecule has 19 heavy (non-hydrogen) atoms. The fourth-order valence-electron chi connectivity index (χ4n) is 2.34. The highest BCUT2D eigenvalue weighted by molar-refractivity contribution is 9.10. The van der Waals surface area contributed by atoms with Gasteiger partial charge in [0.05, 0.1) is 6.54 Å². The van der Waals surface area contributed by atoms with Gasteiger partial charge in [0.2, 0.25) is 5.91 Å². The molecule has 106 valence electrons. The lowest BCUT2D eigenvalue weighted by atomic mass is 10.0. The van der Waals surface area contributed by atoms with Gasteiger partial charge in [-0.1, -0.05) is 13.8 Å². The van der Waals surface area contributed by atoms with E-state index in [1.54, 1.807) is 0 Å². The molecule has 0 aliphatic carbocycles. The summed E-state index contributed by atoms with van der Waals surface area (Å²) in [6.45, 7) is 6.62. The lowest BCUT2D eigenvalue weighted by Gasteiger charge is -2.32. The summed E-state index contributed by atoms with van der Waals surface area (Å²) in [4.78, 5) is 14.1. The summed E-state index contributed by atoms with van der Waals surface area (Å²) in [6.07, 6.45) is 2.18. The van der Waals surface area contributed by atoms with Gasteiger partial charge in [0.25, 0.3) is 0 Å². The summed E-state index contributed by atoms with van der Waals surface area (Å²) in [6, 6.07) is 4.17. The Labute approximate surface area is 122 Å². The first-order valence-electron chi connectivity index (χ1n) is 6.81. The molecule has 0 spiro atoms. The highest BCUT2D eigenvalue weighted by Crippen LogP contribution is 2.18. The van der Waals surface area contributed by atoms with E-state index in [4.69, 9.17) is 4.42 Å². The molecule has 1 atom stereocenters. The lowest BCUT2D eigenvalue weighted by molar-refractivity contribution is -0.125. The van der Waals surface area contributed by atoms with Gasteiger partial charge < -0.3 is 9.73 Å². The monoisotopic (exact) mass is 328 g/mol. The molecular weight excluding hydrogens is 308 g/mol. The first kappa shape index (κ1) is 14.6. The minimum absolute atomic E-state index is 0.0522. The molecule has 1 aliphatic rings. The third-order valence-corrected chi connectivity index (χ3v) is 3.81. The topological polar surface area (TPSA) is 45.5 Å². The molecule has 5 heteroatoms. The maximum absolute atomic E-state index is 11.7. The molecule has 0 bridgehead atoms.